The van der Waals surface area contributed by atoms with Crippen LogP contribution in [0.25, 0.3) is 0 Å². The van der Waals surface area contributed by atoms with E-state index < -0.39 is 26.0 Å². The predicted octanol–water partition coefficient (Wildman–Crippen LogP) is 6.39. The van der Waals surface area contributed by atoms with E-state index >= 15 is 0 Å². The lowest BCUT2D eigenvalue weighted by Crippen LogP contribution is -2.26. The largest absolute Gasteiger partial charge is 0.478 e. The van der Waals surface area contributed by atoms with Crippen molar-refractivity contribution < 1.29 is 9.90 Å². The minimum Gasteiger partial charge on any atom is -0.478 e. The average Bonchev–Trinajstić information content (AvgIpc) is 2.49. The van der Waals surface area contributed by atoms with Gasteiger partial charge in [0.05, 0.1) is 5.56 Å². The molecule has 0 aliphatic heterocycles. The summed E-state index contributed by atoms with van der Waals surface area (Å²) in [5.74, 6) is 3.79. The second-order valence-corrected chi connectivity index (χ2v) is 33.2. The molecule has 0 radical (unpaired) electrons. The molecule has 0 saturated carbocycles. The summed E-state index contributed by atoms with van der Waals surface area (Å²) < 4.78 is 0. The molecule has 2 unspecified atom stereocenters. The zero-order valence-electron chi connectivity index (χ0n) is 18.9. The van der Waals surface area contributed by atoms with Gasteiger partial charge in [-0.05, 0) is 99.9 Å². The van der Waals surface area contributed by atoms with Crippen LogP contribution in [-0.2, 0) is 23.6 Å². The van der Waals surface area contributed by atoms with E-state index in [-0.39, 0.29) is 23.8 Å². The smallest absolute Gasteiger partial charge is 0.335 e. The molecule has 0 heterocycles. The van der Waals surface area contributed by atoms with Gasteiger partial charge in [-0.25, -0.2) is 4.79 Å². The molecule has 1 N–H and O–H groups in total. The molecule has 1 rings (SSSR count). The van der Waals surface area contributed by atoms with Crippen molar-refractivity contribution in [3.8, 4) is 0 Å². The lowest BCUT2D eigenvalue weighted by molar-refractivity contribution is 0.0697. The van der Waals surface area contributed by atoms with Crippen molar-refractivity contribution >= 4 is 84.0 Å². The number of aromatic carboxylic acids is 1. The van der Waals surface area contributed by atoms with E-state index in [1.807, 2.05) is 12.1 Å². The van der Waals surface area contributed by atoms with Gasteiger partial charge in [0.2, 0.25) is 0 Å². The molecule has 0 saturated heterocycles. The molecule has 2 nitrogen and oxygen atoms in total. The molecule has 0 aromatic heterocycles. The Morgan fingerprint density at radius 2 is 1.28 bits per heavy atom. The third kappa shape index (κ3) is 11.4. The van der Waals surface area contributed by atoms with Crippen molar-refractivity contribution in [1.29, 1.82) is 0 Å². The van der Waals surface area contributed by atoms with Crippen molar-refractivity contribution in [2.45, 2.75) is 0 Å². The fourth-order valence-electron chi connectivity index (χ4n) is 3.08. The average molecular weight is 546 g/mol. The van der Waals surface area contributed by atoms with Crippen molar-refractivity contribution in [3.63, 3.8) is 0 Å². The summed E-state index contributed by atoms with van der Waals surface area (Å²) >= 11 is 11.8. The zero-order valence-corrected chi connectivity index (χ0v) is 25.9. The van der Waals surface area contributed by atoms with Gasteiger partial charge in [-0.3, -0.25) is 0 Å². The summed E-state index contributed by atoms with van der Waals surface area (Å²) in [6.07, 6.45) is 0. The molecular formula is C19H36O2P6S2. The quantitative estimate of drug-likeness (QED) is 0.327. The first kappa shape index (κ1) is 28.7. The van der Waals surface area contributed by atoms with Crippen LogP contribution >= 0.6 is 43.8 Å². The Morgan fingerprint density at radius 3 is 1.62 bits per heavy atom. The summed E-state index contributed by atoms with van der Waals surface area (Å²) in [7, 11) is -0.880. The number of hydrogen-bond donors (Lipinski definition) is 1. The Morgan fingerprint density at radius 1 is 0.862 bits per heavy atom. The van der Waals surface area contributed by atoms with Gasteiger partial charge in [-0.1, -0.05) is 45.5 Å². The second kappa shape index (κ2) is 12.3. The van der Waals surface area contributed by atoms with Gasteiger partial charge in [0.25, 0.3) is 0 Å². The third-order valence-electron chi connectivity index (χ3n) is 3.83. The number of benzene rings is 1. The van der Waals surface area contributed by atoms with Crippen LogP contribution in [0.2, 0.25) is 0 Å². The van der Waals surface area contributed by atoms with Crippen LogP contribution in [0.15, 0.2) is 18.2 Å². The highest BCUT2D eigenvalue weighted by Gasteiger charge is 2.26. The van der Waals surface area contributed by atoms with Crippen LogP contribution in [-0.4, -0.2) is 88.0 Å². The van der Waals surface area contributed by atoms with Crippen molar-refractivity contribution in [3.05, 3.63) is 23.8 Å². The van der Waals surface area contributed by atoms with Crippen molar-refractivity contribution in [1.82, 2.24) is 0 Å². The maximum Gasteiger partial charge on any atom is 0.335 e. The van der Waals surface area contributed by atoms with Crippen molar-refractivity contribution in [2.24, 2.45) is 0 Å². The number of carboxylic acid groups (broad SMARTS) is 1. The minimum absolute atomic E-state index is 0.0302. The standard InChI is InChI=1S/C19H36O2P6S2/c1-22(2)12-24(14-26(5,6)28)17-10-9-16(19(20)21)11-18(17)25(13-23(3)4)15-27(7,8)29/h9-11H,12-15H2,1-8H3,(H,20,21). The highest BCUT2D eigenvalue weighted by molar-refractivity contribution is 8.17. The Kier molecular flexibility index (Phi) is 12.1. The molecule has 0 fully saturated rings. The number of hydrogen-bond acceptors (Lipinski definition) is 3. The number of rotatable bonds is 11. The van der Waals surface area contributed by atoms with Crippen LogP contribution in [0.4, 0.5) is 0 Å². The van der Waals surface area contributed by atoms with Crippen LogP contribution in [0.1, 0.15) is 10.4 Å². The molecule has 0 aliphatic rings. The topological polar surface area (TPSA) is 37.3 Å². The molecule has 0 amide bonds. The van der Waals surface area contributed by atoms with Crippen LogP contribution in [0, 0.1) is 0 Å². The van der Waals surface area contributed by atoms with Crippen LogP contribution in [0.5, 0.6) is 0 Å². The van der Waals surface area contributed by atoms with Gasteiger partial charge in [-0.2, -0.15) is 0 Å². The normalized spacial score (nSPS) is 15.0. The molecular weight excluding hydrogens is 510 g/mol. The summed E-state index contributed by atoms with van der Waals surface area (Å²) in [5, 5.41) is 12.4. The van der Waals surface area contributed by atoms with Gasteiger partial charge in [0.1, 0.15) is 0 Å². The zero-order chi connectivity index (χ0) is 22.6. The first-order chi connectivity index (χ1) is 13.1. The van der Waals surface area contributed by atoms with E-state index in [4.69, 9.17) is 23.6 Å². The molecule has 166 valence electrons. The Hall–Kier alpha value is 1.71. The van der Waals surface area contributed by atoms with Gasteiger partial charge >= 0.3 is 5.97 Å². The molecule has 0 spiro atoms. The maximum atomic E-state index is 11.8. The Bertz CT molecular complexity index is 800. The van der Waals surface area contributed by atoms with E-state index in [1.54, 1.807) is 0 Å². The summed E-state index contributed by atoms with van der Waals surface area (Å²) in [4.78, 5) is 11.8. The van der Waals surface area contributed by atoms with Crippen molar-refractivity contribution in [2.75, 3.05) is 76.9 Å². The molecule has 2 atom stereocenters. The Labute approximate surface area is 193 Å². The summed E-state index contributed by atoms with van der Waals surface area (Å²) in [6.45, 7) is 18.4. The van der Waals surface area contributed by atoms with E-state index in [2.05, 4.69) is 59.4 Å². The lowest BCUT2D eigenvalue weighted by Gasteiger charge is -2.31. The molecule has 29 heavy (non-hydrogen) atoms. The van der Waals surface area contributed by atoms with Gasteiger partial charge in [0, 0.05) is 11.8 Å². The van der Waals surface area contributed by atoms with Gasteiger partial charge in [0.15, 0.2) is 0 Å². The maximum absolute atomic E-state index is 11.8. The lowest BCUT2D eigenvalue weighted by atomic mass is 10.2. The SMILES string of the molecule is CP(C)CP(CP(C)(C)=S)c1ccc(C(=O)O)cc1P(CP(C)C)CP(C)(C)=S. The monoisotopic (exact) mass is 546 g/mol. The fourth-order valence-corrected chi connectivity index (χ4v) is 24.6. The van der Waals surface area contributed by atoms with Crippen LogP contribution < -0.4 is 10.6 Å². The summed E-state index contributed by atoms with van der Waals surface area (Å²) in [5.41, 5.74) is 0.422. The van der Waals surface area contributed by atoms with E-state index in [9.17, 15) is 9.90 Å². The first-order valence-corrected chi connectivity index (χ1v) is 25.4. The Balaban J connectivity index is 3.64. The molecule has 0 aliphatic carbocycles. The number of carbonyl (C=O) groups is 1. The number of carboxylic acids is 1. The molecule has 10 heteroatoms. The van der Waals surface area contributed by atoms with Crippen LogP contribution in [0.3, 0.4) is 0 Å². The highest BCUT2D eigenvalue weighted by Crippen LogP contribution is 2.60. The minimum atomic E-state index is -1.38. The van der Waals surface area contributed by atoms with Gasteiger partial charge < -0.3 is 5.11 Å². The van der Waals surface area contributed by atoms with Gasteiger partial charge in [-0.15, -0.1) is 15.8 Å². The predicted molar refractivity (Wildman–Crippen MR) is 156 cm³/mol. The highest BCUT2D eigenvalue weighted by atomic mass is 32.4. The molecule has 1 aromatic rings. The molecule has 0 bridgehead atoms. The first-order valence-electron chi connectivity index (χ1n) is 9.34. The third-order valence-corrected chi connectivity index (χ3v) is 23.6. The molecule has 1 aromatic carbocycles. The summed E-state index contributed by atoms with van der Waals surface area (Å²) in [6, 6.07) is 3.25. The van der Waals surface area contributed by atoms with E-state index in [0.717, 1.165) is 11.8 Å². The van der Waals surface area contributed by atoms with E-state index in [1.165, 1.54) is 22.4 Å². The second-order valence-electron chi connectivity index (χ2n) is 8.96. The van der Waals surface area contributed by atoms with E-state index in [0.29, 0.717) is 5.56 Å². The fraction of sp³-hybridized carbons (Fsp3) is 0.632.